The van der Waals surface area contributed by atoms with Gasteiger partial charge < -0.3 is 15.4 Å². The van der Waals surface area contributed by atoms with E-state index in [-0.39, 0.29) is 24.0 Å². The van der Waals surface area contributed by atoms with Gasteiger partial charge in [-0.3, -0.25) is 4.99 Å². The van der Waals surface area contributed by atoms with E-state index >= 15 is 0 Å². The Labute approximate surface area is 128 Å². The van der Waals surface area contributed by atoms with E-state index in [0.29, 0.717) is 0 Å². The molecule has 0 atom stereocenters. The van der Waals surface area contributed by atoms with Gasteiger partial charge in [-0.1, -0.05) is 12.8 Å². The minimum absolute atomic E-state index is 0. The van der Waals surface area contributed by atoms with E-state index in [9.17, 15) is 0 Å². The highest BCUT2D eigenvalue weighted by Crippen LogP contribution is 2.31. The van der Waals surface area contributed by atoms with Crippen molar-refractivity contribution >= 4 is 29.9 Å². The molecule has 1 aliphatic carbocycles. The fraction of sp³-hybridized carbons (Fsp3) is 0.923. The average molecular weight is 369 g/mol. The van der Waals surface area contributed by atoms with Crippen LogP contribution in [0.5, 0.6) is 0 Å². The summed E-state index contributed by atoms with van der Waals surface area (Å²) in [5.74, 6) is 1.92. The highest BCUT2D eigenvalue weighted by Gasteiger charge is 2.20. The molecule has 0 aromatic carbocycles. The molecule has 1 aliphatic rings. The third kappa shape index (κ3) is 9.94. The van der Waals surface area contributed by atoms with Crippen LogP contribution in [0.1, 0.15) is 39.5 Å². The monoisotopic (exact) mass is 369 g/mol. The van der Waals surface area contributed by atoms with Crippen molar-refractivity contribution in [3.8, 4) is 0 Å². The summed E-state index contributed by atoms with van der Waals surface area (Å²) in [6, 6.07) is 0. The largest absolute Gasteiger partial charge is 0.382 e. The van der Waals surface area contributed by atoms with Crippen molar-refractivity contribution in [2.75, 3.05) is 32.8 Å². The van der Waals surface area contributed by atoms with E-state index in [0.717, 1.165) is 51.1 Å². The third-order valence-corrected chi connectivity index (χ3v) is 2.81. The van der Waals surface area contributed by atoms with Gasteiger partial charge in [0.25, 0.3) is 0 Å². The fourth-order valence-corrected chi connectivity index (χ4v) is 1.64. The Morgan fingerprint density at radius 1 is 1.28 bits per heavy atom. The molecule has 0 saturated heterocycles. The molecule has 4 nitrogen and oxygen atoms in total. The van der Waals surface area contributed by atoms with Crippen LogP contribution < -0.4 is 10.6 Å². The number of guanidine groups is 1. The molecule has 5 heteroatoms. The Kier molecular flexibility index (Phi) is 12.0. The molecule has 0 spiro atoms. The summed E-state index contributed by atoms with van der Waals surface area (Å²) in [4.78, 5) is 4.52. The molecule has 0 aromatic rings. The molecule has 1 fully saturated rings. The molecule has 0 unspecified atom stereocenters. The lowest BCUT2D eigenvalue weighted by atomic mass is 10.3. The minimum atomic E-state index is 0. The predicted molar refractivity (Wildman–Crippen MR) is 87.8 cm³/mol. The number of hydrogen-bond donors (Lipinski definition) is 2. The van der Waals surface area contributed by atoms with Crippen LogP contribution in [-0.2, 0) is 4.74 Å². The number of ether oxygens (including phenoxy) is 1. The molecule has 2 N–H and O–H groups in total. The molecule has 108 valence electrons. The molecule has 18 heavy (non-hydrogen) atoms. The third-order valence-electron chi connectivity index (χ3n) is 2.81. The number of rotatable bonds is 9. The van der Waals surface area contributed by atoms with E-state index in [1.165, 1.54) is 19.3 Å². The Morgan fingerprint density at radius 3 is 2.67 bits per heavy atom. The van der Waals surface area contributed by atoms with Gasteiger partial charge in [0, 0.05) is 32.8 Å². The summed E-state index contributed by atoms with van der Waals surface area (Å²) in [7, 11) is 0. The van der Waals surface area contributed by atoms with Gasteiger partial charge in [0.15, 0.2) is 5.96 Å². The van der Waals surface area contributed by atoms with Gasteiger partial charge >= 0.3 is 0 Å². The molecule has 0 bridgehead atoms. The van der Waals surface area contributed by atoms with Crippen LogP contribution in [0.4, 0.5) is 0 Å². The molecular weight excluding hydrogens is 341 g/mol. The maximum absolute atomic E-state index is 5.29. The van der Waals surface area contributed by atoms with Gasteiger partial charge in [-0.2, -0.15) is 0 Å². The summed E-state index contributed by atoms with van der Waals surface area (Å²) in [5, 5.41) is 6.65. The quantitative estimate of drug-likeness (QED) is 0.284. The van der Waals surface area contributed by atoms with E-state index in [4.69, 9.17) is 4.74 Å². The summed E-state index contributed by atoms with van der Waals surface area (Å²) >= 11 is 0. The van der Waals surface area contributed by atoms with Crippen LogP contribution in [0.3, 0.4) is 0 Å². The molecule has 0 heterocycles. The molecule has 0 aliphatic heterocycles. The first-order valence-corrected chi connectivity index (χ1v) is 6.96. The zero-order valence-corrected chi connectivity index (χ0v) is 14.0. The van der Waals surface area contributed by atoms with E-state index in [1.807, 2.05) is 6.92 Å². The standard InChI is InChI=1S/C13H27N3O.HI/c1-3-14-13(15-9-5-11-17-4-2)16-10-8-12-6-7-12;/h12H,3-11H2,1-2H3,(H2,14,15,16);1H. The lowest BCUT2D eigenvalue weighted by Crippen LogP contribution is -2.38. The van der Waals surface area contributed by atoms with Gasteiger partial charge in [-0.05, 0) is 32.6 Å². The first-order chi connectivity index (χ1) is 8.36. The van der Waals surface area contributed by atoms with Crippen molar-refractivity contribution in [2.24, 2.45) is 10.9 Å². The number of nitrogens with one attached hydrogen (secondary N) is 2. The Bertz CT molecular complexity index is 220. The molecule has 0 amide bonds. The molecular formula is C13H28IN3O. The van der Waals surface area contributed by atoms with Crippen molar-refractivity contribution in [1.29, 1.82) is 0 Å². The average Bonchev–Trinajstić information content (AvgIpc) is 3.13. The van der Waals surface area contributed by atoms with E-state index < -0.39 is 0 Å². The second kappa shape index (κ2) is 12.0. The lowest BCUT2D eigenvalue weighted by molar-refractivity contribution is 0.146. The van der Waals surface area contributed by atoms with Crippen molar-refractivity contribution in [3.05, 3.63) is 0 Å². The first-order valence-electron chi connectivity index (χ1n) is 6.96. The zero-order chi connectivity index (χ0) is 12.3. The fourth-order valence-electron chi connectivity index (χ4n) is 1.64. The number of nitrogens with zero attached hydrogens (tertiary/aromatic N) is 1. The molecule has 0 radical (unpaired) electrons. The van der Waals surface area contributed by atoms with Gasteiger partial charge in [-0.15, -0.1) is 24.0 Å². The van der Waals surface area contributed by atoms with Crippen LogP contribution in [0, 0.1) is 5.92 Å². The summed E-state index contributed by atoms with van der Waals surface area (Å²) < 4.78 is 5.29. The Balaban J connectivity index is 0.00000289. The van der Waals surface area contributed by atoms with Crippen molar-refractivity contribution in [1.82, 2.24) is 10.6 Å². The number of halogens is 1. The highest BCUT2D eigenvalue weighted by molar-refractivity contribution is 14.0. The lowest BCUT2D eigenvalue weighted by Gasteiger charge is -2.10. The van der Waals surface area contributed by atoms with Crippen molar-refractivity contribution in [3.63, 3.8) is 0 Å². The smallest absolute Gasteiger partial charge is 0.191 e. The van der Waals surface area contributed by atoms with Gasteiger partial charge in [0.1, 0.15) is 0 Å². The first kappa shape index (κ1) is 18.0. The summed E-state index contributed by atoms with van der Waals surface area (Å²) in [6.45, 7) is 8.51. The van der Waals surface area contributed by atoms with Gasteiger partial charge in [0.2, 0.25) is 0 Å². The van der Waals surface area contributed by atoms with Crippen LogP contribution >= 0.6 is 24.0 Å². The van der Waals surface area contributed by atoms with Crippen LogP contribution in [0.15, 0.2) is 4.99 Å². The zero-order valence-electron chi connectivity index (χ0n) is 11.7. The predicted octanol–water partition coefficient (Wildman–Crippen LogP) is 2.39. The van der Waals surface area contributed by atoms with Crippen molar-refractivity contribution < 1.29 is 4.74 Å². The topological polar surface area (TPSA) is 45.7 Å². The van der Waals surface area contributed by atoms with Gasteiger partial charge in [0.05, 0.1) is 0 Å². The van der Waals surface area contributed by atoms with Crippen LogP contribution in [0.25, 0.3) is 0 Å². The summed E-state index contributed by atoms with van der Waals surface area (Å²) in [6.07, 6.45) is 5.11. The number of hydrogen-bond acceptors (Lipinski definition) is 2. The second-order valence-electron chi connectivity index (χ2n) is 4.47. The molecule has 0 aromatic heterocycles. The Morgan fingerprint density at radius 2 is 2.06 bits per heavy atom. The van der Waals surface area contributed by atoms with Gasteiger partial charge in [-0.25, -0.2) is 0 Å². The van der Waals surface area contributed by atoms with Crippen LogP contribution in [-0.4, -0.2) is 38.8 Å². The van der Waals surface area contributed by atoms with Crippen molar-refractivity contribution in [2.45, 2.75) is 39.5 Å². The molecule has 1 rings (SSSR count). The second-order valence-corrected chi connectivity index (χ2v) is 4.47. The highest BCUT2D eigenvalue weighted by atomic mass is 127. The maximum Gasteiger partial charge on any atom is 0.191 e. The van der Waals surface area contributed by atoms with Crippen LogP contribution in [0.2, 0.25) is 0 Å². The Hall–Kier alpha value is -0.0400. The summed E-state index contributed by atoms with van der Waals surface area (Å²) in [5.41, 5.74) is 0. The van der Waals surface area contributed by atoms with E-state index in [1.54, 1.807) is 0 Å². The number of aliphatic imine (C=N–C) groups is 1. The minimum Gasteiger partial charge on any atom is -0.382 e. The normalized spacial score (nSPS) is 15.1. The van der Waals surface area contributed by atoms with E-state index in [2.05, 4.69) is 22.5 Å². The SMILES string of the molecule is CCNC(=NCCCOCC)NCCC1CC1.I. The molecule has 1 saturated carbocycles. The maximum atomic E-state index is 5.29.